The third-order valence-corrected chi connectivity index (χ3v) is 4.60. The van der Waals surface area contributed by atoms with E-state index in [1.807, 2.05) is 32.0 Å². The Bertz CT molecular complexity index is 867. The zero-order chi connectivity index (χ0) is 20.1. The number of aryl methyl sites for hydroxylation is 1. The van der Waals surface area contributed by atoms with Gasteiger partial charge in [-0.05, 0) is 31.0 Å². The van der Waals surface area contributed by atoms with E-state index < -0.39 is 0 Å². The van der Waals surface area contributed by atoms with E-state index in [4.69, 9.17) is 21.1 Å². The van der Waals surface area contributed by atoms with Crippen LogP contribution in [-0.2, 0) is 9.59 Å². The van der Waals surface area contributed by atoms with Crippen molar-refractivity contribution < 1.29 is 19.1 Å². The van der Waals surface area contributed by atoms with Crippen LogP contribution in [0.25, 0.3) is 0 Å². The SMILES string of the molecule is COc1cc(N(CC(=O)Nc2cccc(C)c2C)C(C)=O)c(OC)cc1Cl. The molecule has 0 heterocycles. The lowest BCUT2D eigenvalue weighted by molar-refractivity contribution is -0.120. The number of anilines is 2. The van der Waals surface area contributed by atoms with Crippen molar-refractivity contribution in [3.8, 4) is 11.5 Å². The summed E-state index contributed by atoms with van der Waals surface area (Å²) in [5.41, 5.74) is 3.16. The Morgan fingerprint density at radius 1 is 1.11 bits per heavy atom. The van der Waals surface area contributed by atoms with Crippen molar-refractivity contribution in [2.45, 2.75) is 20.8 Å². The minimum absolute atomic E-state index is 0.177. The number of nitrogens with one attached hydrogen (secondary N) is 1. The van der Waals surface area contributed by atoms with Crippen molar-refractivity contribution in [2.75, 3.05) is 31.0 Å². The predicted octanol–water partition coefficient (Wildman–Crippen LogP) is 3.97. The Morgan fingerprint density at radius 3 is 2.37 bits per heavy atom. The molecule has 2 rings (SSSR count). The third kappa shape index (κ3) is 4.71. The standard InChI is InChI=1S/C20H23ClN2O4/c1-12-7-6-8-16(13(12)2)22-20(25)11-23(14(3)24)17-10-18(26-4)15(21)9-19(17)27-5/h6-10H,11H2,1-5H3,(H,22,25). The van der Waals surface area contributed by atoms with Gasteiger partial charge in [-0.15, -0.1) is 0 Å². The van der Waals surface area contributed by atoms with E-state index >= 15 is 0 Å². The molecule has 6 nitrogen and oxygen atoms in total. The minimum atomic E-state index is -0.324. The topological polar surface area (TPSA) is 67.9 Å². The number of rotatable bonds is 6. The molecule has 0 radical (unpaired) electrons. The molecular weight excluding hydrogens is 368 g/mol. The largest absolute Gasteiger partial charge is 0.495 e. The summed E-state index contributed by atoms with van der Waals surface area (Å²) >= 11 is 6.12. The van der Waals surface area contributed by atoms with Crippen LogP contribution in [0, 0.1) is 13.8 Å². The van der Waals surface area contributed by atoms with Gasteiger partial charge in [0.05, 0.1) is 24.9 Å². The van der Waals surface area contributed by atoms with Gasteiger partial charge in [0.2, 0.25) is 11.8 Å². The van der Waals surface area contributed by atoms with Crippen molar-refractivity contribution in [3.63, 3.8) is 0 Å². The number of halogens is 1. The Balaban J connectivity index is 2.32. The Labute approximate surface area is 164 Å². The molecule has 2 aromatic rings. The van der Waals surface area contributed by atoms with Crippen molar-refractivity contribution >= 4 is 34.8 Å². The molecule has 0 aliphatic heterocycles. The van der Waals surface area contributed by atoms with Crippen molar-refractivity contribution in [1.29, 1.82) is 0 Å². The normalized spacial score (nSPS) is 10.3. The second-order valence-corrected chi connectivity index (χ2v) is 6.47. The maximum Gasteiger partial charge on any atom is 0.244 e. The molecule has 2 amide bonds. The van der Waals surface area contributed by atoms with E-state index in [2.05, 4.69) is 5.32 Å². The molecule has 0 atom stereocenters. The quantitative estimate of drug-likeness (QED) is 0.810. The summed E-state index contributed by atoms with van der Waals surface area (Å²) in [6.45, 7) is 5.11. The number of ether oxygens (including phenoxy) is 2. The molecule has 0 aliphatic carbocycles. The molecule has 0 bridgehead atoms. The van der Waals surface area contributed by atoms with Crippen LogP contribution in [0.15, 0.2) is 30.3 Å². The molecule has 0 spiro atoms. The highest BCUT2D eigenvalue weighted by Crippen LogP contribution is 2.38. The summed E-state index contributed by atoms with van der Waals surface area (Å²) in [6, 6.07) is 8.79. The lowest BCUT2D eigenvalue weighted by Crippen LogP contribution is -2.37. The van der Waals surface area contributed by atoms with Gasteiger partial charge >= 0.3 is 0 Å². The first-order valence-electron chi connectivity index (χ1n) is 8.34. The highest BCUT2D eigenvalue weighted by atomic mass is 35.5. The first-order chi connectivity index (χ1) is 12.8. The predicted molar refractivity (Wildman–Crippen MR) is 107 cm³/mol. The molecule has 144 valence electrons. The lowest BCUT2D eigenvalue weighted by Gasteiger charge is -2.24. The molecule has 7 heteroatoms. The molecule has 0 saturated heterocycles. The minimum Gasteiger partial charge on any atom is -0.495 e. The van der Waals surface area contributed by atoms with Gasteiger partial charge in [0.1, 0.15) is 18.0 Å². The van der Waals surface area contributed by atoms with Crippen molar-refractivity contribution in [3.05, 3.63) is 46.5 Å². The second kappa shape index (κ2) is 8.77. The van der Waals surface area contributed by atoms with E-state index in [1.54, 1.807) is 12.1 Å². The molecular formula is C20H23ClN2O4. The monoisotopic (exact) mass is 390 g/mol. The Kier molecular flexibility index (Phi) is 6.69. The molecule has 0 aliphatic rings. The van der Waals surface area contributed by atoms with E-state index in [-0.39, 0.29) is 18.4 Å². The van der Waals surface area contributed by atoms with Crippen LogP contribution in [0.1, 0.15) is 18.1 Å². The molecule has 0 unspecified atom stereocenters. The molecule has 0 aromatic heterocycles. The van der Waals surface area contributed by atoms with Crippen LogP contribution < -0.4 is 19.7 Å². The number of methoxy groups -OCH3 is 2. The van der Waals surface area contributed by atoms with E-state index in [1.165, 1.54) is 26.0 Å². The molecule has 0 saturated carbocycles. The average Bonchev–Trinajstić information content (AvgIpc) is 2.63. The number of hydrogen-bond acceptors (Lipinski definition) is 4. The van der Waals surface area contributed by atoms with Crippen LogP contribution in [-0.4, -0.2) is 32.6 Å². The van der Waals surface area contributed by atoms with Crippen LogP contribution in [0.2, 0.25) is 5.02 Å². The van der Waals surface area contributed by atoms with Crippen LogP contribution in [0.5, 0.6) is 11.5 Å². The molecule has 0 fully saturated rings. The van der Waals surface area contributed by atoms with Gasteiger partial charge in [0, 0.05) is 24.7 Å². The number of hydrogen-bond donors (Lipinski definition) is 1. The molecule has 2 aromatic carbocycles. The summed E-state index contributed by atoms with van der Waals surface area (Å²) in [5.74, 6) is 0.118. The van der Waals surface area contributed by atoms with E-state index in [9.17, 15) is 9.59 Å². The summed E-state index contributed by atoms with van der Waals surface area (Å²) in [7, 11) is 2.94. The molecule has 27 heavy (non-hydrogen) atoms. The zero-order valence-corrected chi connectivity index (χ0v) is 16.8. The fraction of sp³-hybridized carbons (Fsp3) is 0.300. The summed E-state index contributed by atoms with van der Waals surface area (Å²) in [4.78, 5) is 26.1. The maximum atomic E-state index is 12.6. The highest BCUT2D eigenvalue weighted by Gasteiger charge is 2.22. The number of nitrogens with zero attached hydrogens (tertiary/aromatic N) is 1. The van der Waals surface area contributed by atoms with Crippen LogP contribution >= 0.6 is 11.6 Å². The van der Waals surface area contributed by atoms with Gasteiger partial charge in [-0.1, -0.05) is 23.7 Å². The first kappa shape index (κ1) is 20.6. The highest BCUT2D eigenvalue weighted by molar-refractivity contribution is 6.32. The van der Waals surface area contributed by atoms with Crippen molar-refractivity contribution in [2.24, 2.45) is 0 Å². The van der Waals surface area contributed by atoms with Gasteiger partial charge in [-0.25, -0.2) is 0 Å². The van der Waals surface area contributed by atoms with Crippen LogP contribution in [0.4, 0.5) is 11.4 Å². The Morgan fingerprint density at radius 2 is 1.78 bits per heavy atom. The number of benzene rings is 2. The fourth-order valence-corrected chi connectivity index (χ4v) is 2.87. The van der Waals surface area contributed by atoms with Gasteiger partial charge < -0.3 is 14.8 Å². The first-order valence-corrected chi connectivity index (χ1v) is 8.72. The number of carbonyl (C=O) groups is 2. The third-order valence-electron chi connectivity index (χ3n) is 4.30. The fourth-order valence-electron chi connectivity index (χ4n) is 2.64. The summed E-state index contributed by atoms with van der Waals surface area (Å²) in [6.07, 6.45) is 0. The van der Waals surface area contributed by atoms with Gasteiger partial charge in [-0.2, -0.15) is 0 Å². The number of carbonyl (C=O) groups excluding carboxylic acids is 2. The van der Waals surface area contributed by atoms with Gasteiger partial charge in [-0.3, -0.25) is 14.5 Å². The van der Waals surface area contributed by atoms with Gasteiger partial charge in [0.25, 0.3) is 0 Å². The zero-order valence-electron chi connectivity index (χ0n) is 16.1. The van der Waals surface area contributed by atoms with E-state index in [0.29, 0.717) is 27.9 Å². The smallest absolute Gasteiger partial charge is 0.244 e. The lowest BCUT2D eigenvalue weighted by atomic mass is 10.1. The number of amides is 2. The summed E-state index contributed by atoms with van der Waals surface area (Å²) < 4.78 is 10.5. The van der Waals surface area contributed by atoms with Crippen molar-refractivity contribution in [1.82, 2.24) is 0 Å². The van der Waals surface area contributed by atoms with E-state index in [0.717, 1.165) is 11.1 Å². The van der Waals surface area contributed by atoms with Gasteiger partial charge in [0.15, 0.2) is 0 Å². The van der Waals surface area contributed by atoms with Crippen LogP contribution in [0.3, 0.4) is 0 Å². The Hall–Kier alpha value is -2.73. The molecule has 1 N–H and O–H groups in total. The maximum absolute atomic E-state index is 12.6. The second-order valence-electron chi connectivity index (χ2n) is 6.06. The summed E-state index contributed by atoms with van der Waals surface area (Å²) in [5, 5.41) is 3.20. The average molecular weight is 391 g/mol.